The maximum absolute atomic E-state index is 12.1. The van der Waals surface area contributed by atoms with Crippen molar-refractivity contribution < 1.29 is 24.5 Å². The molecule has 0 aliphatic carbocycles. The number of amides is 1. The van der Waals surface area contributed by atoms with Gasteiger partial charge in [0.2, 0.25) is 11.8 Å². The van der Waals surface area contributed by atoms with Crippen LogP contribution in [0.15, 0.2) is 133 Å². The summed E-state index contributed by atoms with van der Waals surface area (Å²) in [5, 5.41) is 20.2. The molecule has 8 heteroatoms. The van der Waals surface area contributed by atoms with Crippen LogP contribution in [0.1, 0.15) is 33.9 Å². The maximum Gasteiger partial charge on any atom is 0.305 e. The highest BCUT2D eigenvalue weighted by Gasteiger charge is 2.25. The van der Waals surface area contributed by atoms with Crippen molar-refractivity contribution in [2.24, 2.45) is 10.7 Å². The monoisotopic (exact) mass is 601 g/mol. The summed E-state index contributed by atoms with van der Waals surface area (Å²) in [6.07, 6.45) is 3.93. The quantitative estimate of drug-likeness (QED) is 0.110. The molecule has 0 aliphatic heterocycles. The molecule has 4 aromatic carbocycles. The van der Waals surface area contributed by atoms with Gasteiger partial charge < -0.3 is 25.3 Å². The number of carboxylic acids is 1. The number of carbonyl (C=O) groups excluding carboxylic acids is 1. The minimum atomic E-state index is -0.999. The summed E-state index contributed by atoms with van der Waals surface area (Å²) in [7, 11) is 0. The highest BCUT2D eigenvalue weighted by molar-refractivity contribution is 5.93. The average Bonchev–Trinajstić information content (AvgIpc) is 3.56. The summed E-state index contributed by atoms with van der Waals surface area (Å²) >= 11 is 0. The first-order valence-electron chi connectivity index (χ1n) is 14.7. The molecule has 228 valence electrons. The van der Waals surface area contributed by atoms with Gasteiger partial charge in [0.1, 0.15) is 12.6 Å². The van der Waals surface area contributed by atoms with E-state index in [1.165, 1.54) is 0 Å². The lowest BCUT2D eigenvalue weighted by molar-refractivity contribution is -0.137. The molecule has 45 heavy (non-hydrogen) atoms. The zero-order valence-electron chi connectivity index (χ0n) is 24.7. The lowest BCUT2D eigenvalue weighted by Crippen LogP contribution is -2.27. The van der Waals surface area contributed by atoms with Crippen LogP contribution in [0.5, 0.6) is 0 Å². The molecule has 5 aromatic rings. The zero-order valence-corrected chi connectivity index (χ0v) is 24.7. The van der Waals surface area contributed by atoms with E-state index >= 15 is 0 Å². The number of primary amides is 1. The molecular weight excluding hydrogens is 566 g/mol. The number of carboxylic acid groups (broad SMARTS) is 1. The van der Waals surface area contributed by atoms with E-state index < -0.39 is 24.0 Å². The van der Waals surface area contributed by atoms with E-state index in [1.807, 2.05) is 116 Å². The number of hydrogen-bond acceptors (Lipinski definition) is 5. The molecule has 5 rings (SSSR count). The Kier molecular flexibility index (Phi) is 10.2. The van der Waals surface area contributed by atoms with Crippen molar-refractivity contribution in [2.75, 3.05) is 6.61 Å². The number of carbonyl (C=O) groups is 2. The third kappa shape index (κ3) is 8.34. The normalized spacial score (nSPS) is 12.8. The number of aliphatic hydroxyl groups is 1. The topological polar surface area (TPSA) is 127 Å². The van der Waals surface area contributed by atoms with Gasteiger partial charge in [0.05, 0.1) is 19.1 Å². The summed E-state index contributed by atoms with van der Waals surface area (Å²) in [4.78, 5) is 28.3. The van der Waals surface area contributed by atoms with Crippen LogP contribution in [-0.2, 0) is 22.6 Å². The smallest absolute Gasteiger partial charge is 0.305 e. The van der Waals surface area contributed by atoms with E-state index in [2.05, 4.69) is 0 Å². The second-order valence-corrected chi connectivity index (χ2v) is 10.7. The number of nitrogens with two attached hydrogens (primary N) is 1. The van der Waals surface area contributed by atoms with Crippen molar-refractivity contribution >= 4 is 17.8 Å². The van der Waals surface area contributed by atoms with Crippen LogP contribution in [0.25, 0.3) is 22.3 Å². The van der Waals surface area contributed by atoms with Gasteiger partial charge in [-0.25, -0.2) is 4.99 Å². The van der Waals surface area contributed by atoms with Crippen molar-refractivity contribution in [2.45, 2.75) is 31.5 Å². The Bertz CT molecular complexity index is 1730. The molecule has 0 fully saturated rings. The first-order chi connectivity index (χ1) is 21.9. The van der Waals surface area contributed by atoms with E-state index in [0.717, 1.165) is 33.4 Å². The second kappa shape index (κ2) is 14.8. The van der Waals surface area contributed by atoms with Crippen LogP contribution >= 0.6 is 0 Å². The molecule has 1 heterocycles. The largest absolute Gasteiger partial charge is 0.481 e. The molecule has 1 amide bonds. The number of rotatable bonds is 13. The number of benzene rings is 4. The summed E-state index contributed by atoms with van der Waals surface area (Å²) in [5.74, 6) is -1.22. The number of aliphatic imine (C=N–C) groups is 1. The number of aliphatic carboxylic acids is 1. The van der Waals surface area contributed by atoms with Crippen molar-refractivity contribution in [3.05, 3.63) is 144 Å². The third-order valence-corrected chi connectivity index (χ3v) is 7.51. The lowest BCUT2D eigenvalue weighted by atomic mass is 10.0. The fourth-order valence-electron chi connectivity index (χ4n) is 5.11. The predicted octanol–water partition coefficient (Wildman–Crippen LogP) is 6.16. The van der Waals surface area contributed by atoms with Gasteiger partial charge in [-0.2, -0.15) is 0 Å². The van der Waals surface area contributed by atoms with Gasteiger partial charge in [0.15, 0.2) is 0 Å². The second-order valence-electron chi connectivity index (χ2n) is 10.7. The Hall–Kier alpha value is -5.47. The number of ether oxygens (including phenoxy) is 1. The van der Waals surface area contributed by atoms with E-state index in [-0.39, 0.29) is 25.5 Å². The van der Waals surface area contributed by atoms with Gasteiger partial charge in [0, 0.05) is 18.0 Å². The Morgan fingerprint density at radius 1 is 0.756 bits per heavy atom. The summed E-state index contributed by atoms with van der Waals surface area (Å²) in [6, 6.07) is 35.1. The average molecular weight is 602 g/mol. The first kappa shape index (κ1) is 31.0. The van der Waals surface area contributed by atoms with Gasteiger partial charge in [-0.1, -0.05) is 97.1 Å². The van der Waals surface area contributed by atoms with Crippen LogP contribution in [0, 0.1) is 0 Å². The number of hydrogen-bond donors (Lipinski definition) is 3. The lowest BCUT2D eigenvalue weighted by Gasteiger charge is -2.22. The van der Waals surface area contributed by atoms with Gasteiger partial charge in [-0.15, -0.1) is 0 Å². The van der Waals surface area contributed by atoms with E-state index in [1.54, 1.807) is 16.7 Å². The van der Waals surface area contributed by atoms with Crippen LogP contribution in [0.3, 0.4) is 0 Å². The SMILES string of the molecule is NC(=O)c1ccc(-c2ccc(-c3ccn(C(CC(=O)O)C(=NC(CO)Cc4ccccc4)OCc4ccccc4)c3)cc2)cc1. The van der Waals surface area contributed by atoms with Crippen molar-refractivity contribution in [3.63, 3.8) is 0 Å². The Labute approximate surface area is 262 Å². The molecule has 0 aliphatic rings. The summed E-state index contributed by atoms with van der Waals surface area (Å²) in [6.45, 7) is -0.0172. The Morgan fingerprint density at radius 2 is 1.31 bits per heavy atom. The van der Waals surface area contributed by atoms with Gasteiger partial charge in [-0.05, 0) is 58.0 Å². The molecule has 0 saturated heterocycles. The molecule has 0 radical (unpaired) electrons. The van der Waals surface area contributed by atoms with Crippen LogP contribution in [0.4, 0.5) is 0 Å². The molecule has 0 bridgehead atoms. The van der Waals surface area contributed by atoms with Gasteiger partial charge in [-0.3, -0.25) is 9.59 Å². The molecular formula is C37H35N3O5. The minimum absolute atomic E-state index is 0.204. The van der Waals surface area contributed by atoms with Crippen molar-refractivity contribution in [3.8, 4) is 22.3 Å². The fraction of sp³-hybridized carbons (Fsp3) is 0.162. The number of nitrogens with zero attached hydrogens (tertiary/aromatic N) is 2. The predicted molar refractivity (Wildman–Crippen MR) is 175 cm³/mol. The summed E-state index contributed by atoms with van der Waals surface area (Å²) < 4.78 is 8.05. The number of aromatic nitrogens is 1. The number of aliphatic hydroxyl groups excluding tert-OH is 1. The minimum Gasteiger partial charge on any atom is -0.481 e. The molecule has 2 unspecified atom stereocenters. The highest BCUT2D eigenvalue weighted by atomic mass is 16.5. The Balaban J connectivity index is 1.43. The first-order valence-corrected chi connectivity index (χ1v) is 14.7. The summed E-state index contributed by atoms with van der Waals surface area (Å²) in [5.41, 5.74) is 11.5. The molecule has 1 aromatic heterocycles. The molecule has 4 N–H and O–H groups in total. The highest BCUT2D eigenvalue weighted by Crippen LogP contribution is 2.28. The van der Waals surface area contributed by atoms with Crippen molar-refractivity contribution in [1.82, 2.24) is 4.57 Å². The molecule has 2 atom stereocenters. The van der Waals surface area contributed by atoms with Crippen molar-refractivity contribution in [1.29, 1.82) is 0 Å². The Morgan fingerprint density at radius 3 is 1.87 bits per heavy atom. The van der Waals surface area contributed by atoms with Crippen LogP contribution in [0.2, 0.25) is 0 Å². The maximum atomic E-state index is 12.1. The fourth-order valence-corrected chi connectivity index (χ4v) is 5.11. The third-order valence-electron chi connectivity index (χ3n) is 7.51. The molecule has 0 saturated carbocycles. The van der Waals surface area contributed by atoms with Crippen LogP contribution < -0.4 is 5.73 Å². The molecule has 0 spiro atoms. The van der Waals surface area contributed by atoms with Gasteiger partial charge >= 0.3 is 5.97 Å². The van der Waals surface area contributed by atoms with Gasteiger partial charge in [0.25, 0.3) is 0 Å². The van der Waals surface area contributed by atoms with E-state index in [0.29, 0.717) is 12.0 Å². The van der Waals surface area contributed by atoms with E-state index in [4.69, 9.17) is 15.5 Å². The standard InChI is InChI=1S/C37H35N3O5/c38-36(44)31-17-15-29(16-18-31)28-11-13-30(14-12-28)32-19-20-40(23-32)34(22-35(42)43)37(45-25-27-9-5-2-6-10-27)39-33(24-41)21-26-7-3-1-4-8-26/h1-20,23,33-34,41H,21-22,24-25H2,(H2,38,44)(H,42,43). The molecule has 8 nitrogen and oxygen atoms in total. The van der Waals surface area contributed by atoms with E-state index in [9.17, 15) is 19.8 Å². The van der Waals surface area contributed by atoms with Crippen LogP contribution in [-0.4, -0.2) is 45.2 Å². The zero-order chi connectivity index (χ0) is 31.6.